The molecule has 0 radical (unpaired) electrons. The molecule has 0 aliphatic rings. The first-order chi connectivity index (χ1) is 8.66. The molecule has 0 unspecified atom stereocenters. The van der Waals surface area contributed by atoms with E-state index in [1.54, 1.807) is 11.8 Å². The second-order valence-corrected chi connectivity index (χ2v) is 6.83. The number of benzene rings is 1. The van der Waals surface area contributed by atoms with Gasteiger partial charge in [-0.3, -0.25) is 4.79 Å². The van der Waals surface area contributed by atoms with Gasteiger partial charge in [-0.2, -0.15) is 0 Å². The van der Waals surface area contributed by atoms with E-state index < -0.39 is 0 Å². The van der Waals surface area contributed by atoms with Crippen LogP contribution in [0, 0.1) is 0 Å². The molecule has 0 atom stereocenters. The summed E-state index contributed by atoms with van der Waals surface area (Å²) in [4.78, 5) is 12.7. The van der Waals surface area contributed by atoms with Crippen LogP contribution in [0.5, 0.6) is 0 Å². The van der Waals surface area contributed by atoms with Crippen LogP contribution in [0.4, 0.5) is 0 Å². The van der Waals surface area contributed by atoms with Crippen LogP contribution in [0.3, 0.4) is 0 Å². The van der Waals surface area contributed by atoms with Gasteiger partial charge in [-0.05, 0) is 45.1 Å². The molecule has 1 nitrogen and oxygen atoms in total. The minimum Gasteiger partial charge on any atom is -0.292 e. The summed E-state index contributed by atoms with van der Waals surface area (Å²) in [6.07, 6.45) is 0. The second-order valence-electron chi connectivity index (χ2n) is 3.64. The first-order valence-electron chi connectivity index (χ1n) is 5.25. The van der Waals surface area contributed by atoms with Crippen LogP contribution in [0.15, 0.2) is 40.2 Å². The lowest BCUT2D eigenvalue weighted by Gasteiger charge is -2.01. The molecular formula is C13H10BrClOS2. The Morgan fingerprint density at radius 1 is 1.28 bits per heavy atom. The van der Waals surface area contributed by atoms with Crippen molar-refractivity contribution in [2.45, 2.75) is 5.75 Å². The van der Waals surface area contributed by atoms with Crippen molar-refractivity contribution in [3.63, 3.8) is 0 Å². The number of rotatable bonds is 5. The van der Waals surface area contributed by atoms with Crippen molar-refractivity contribution in [3.05, 3.63) is 55.6 Å². The molecule has 0 spiro atoms. The molecular weight excluding hydrogens is 352 g/mol. The molecule has 0 saturated carbocycles. The van der Waals surface area contributed by atoms with Crippen LogP contribution < -0.4 is 0 Å². The number of carbonyl (C=O) groups excluding carboxylic acids is 1. The van der Waals surface area contributed by atoms with E-state index >= 15 is 0 Å². The average molecular weight is 362 g/mol. The quantitative estimate of drug-likeness (QED) is 0.674. The molecule has 1 aromatic heterocycles. The van der Waals surface area contributed by atoms with Crippen LogP contribution >= 0.6 is 50.6 Å². The van der Waals surface area contributed by atoms with Gasteiger partial charge >= 0.3 is 0 Å². The van der Waals surface area contributed by atoms with E-state index in [9.17, 15) is 4.79 Å². The summed E-state index contributed by atoms with van der Waals surface area (Å²) in [5.74, 6) is 1.50. The number of Topliss-reactive ketones (excluding diaryl/α,β-unsaturated/α-hetero) is 1. The van der Waals surface area contributed by atoms with E-state index in [4.69, 9.17) is 11.6 Å². The fraction of sp³-hybridized carbons (Fsp3) is 0.154. The third-order valence-electron chi connectivity index (χ3n) is 2.29. The predicted molar refractivity (Wildman–Crippen MR) is 84.0 cm³/mol. The summed E-state index contributed by atoms with van der Waals surface area (Å²) >= 11 is 12.3. The highest BCUT2D eigenvalue weighted by Gasteiger charge is 2.11. The van der Waals surface area contributed by atoms with Gasteiger partial charge in [-0.25, -0.2) is 0 Å². The Labute approximate surface area is 128 Å². The lowest BCUT2D eigenvalue weighted by Crippen LogP contribution is -2.00. The lowest BCUT2D eigenvalue weighted by molar-refractivity contribution is 0.102. The summed E-state index contributed by atoms with van der Waals surface area (Å²) < 4.78 is 0.893. The van der Waals surface area contributed by atoms with Crippen LogP contribution in [-0.4, -0.2) is 11.5 Å². The molecule has 0 bridgehead atoms. The summed E-state index contributed by atoms with van der Waals surface area (Å²) in [7, 11) is 0. The highest BCUT2D eigenvalue weighted by atomic mass is 79.9. The Balaban J connectivity index is 1.84. The zero-order valence-corrected chi connectivity index (χ0v) is 13.3. The fourth-order valence-corrected chi connectivity index (χ4v) is 4.01. The van der Waals surface area contributed by atoms with Gasteiger partial charge < -0.3 is 0 Å². The molecule has 18 heavy (non-hydrogen) atoms. The van der Waals surface area contributed by atoms with Gasteiger partial charge in [-0.15, -0.1) is 23.1 Å². The first-order valence-corrected chi connectivity index (χ1v) is 8.46. The molecule has 2 rings (SSSR count). The molecule has 94 valence electrons. The molecule has 0 amide bonds. The summed E-state index contributed by atoms with van der Waals surface area (Å²) in [5, 5.41) is 2.66. The van der Waals surface area contributed by atoms with E-state index in [1.165, 1.54) is 16.9 Å². The molecule has 0 N–H and O–H groups in total. The smallest absolute Gasteiger partial charge is 0.183 e. The van der Waals surface area contributed by atoms with E-state index in [2.05, 4.69) is 15.9 Å². The third-order valence-corrected chi connectivity index (χ3v) is 5.42. The Morgan fingerprint density at radius 3 is 2.61 bits per heavy atom. The van der Waals surface area contributed by atoms with Crippen LogP contribution in [0.25, 0.3) is 0 Å². The maximum Gasteiger partial charge on any atom is 0.183 e. The number of carbonyl (C=O) groups is 1. The van der Waals surface area contributed by atoms with Crippen molar-refractivity contribution < 1.29 is 4.79 Å². The largest absolute Gasteiger partial charge is 0.292 e. The Morgan fingerprint density at radius 2 is 2.00 bits per heavy atom. The average Bonchev–Trinajstić information content (AvgIpc) is 2.78. The van der Waals surface area contributed by atoms with Crippen molar-refractivity contribution in [3.8, 4) is 0 Å². The Bertz CT molecular complexity index is 536. The summed E-state index contributed by atoms with van der Waals surface area (Å²) in [5.41, 5.74) is 1.18. The normalized spacial score (nSPS) is 10.6. The molecule has 0 saturated heterocycles. The molecule has 0 fully saturated rings. The number of thiophene rings is 1. The number of hydrogen-bond acceptors (Lipinski definition) is 3. The highest BCUT2D eigenvalue weighted by Crippen LogP contribution is 2.25. The van der Waals surface area contributed by atoms with E-state index in [0.717, 1.165) is 20.1 Å². The van der Waals surface area contributed by atoms with Crippen molar-refractivity contribution >= 4 is 56.4 Å². The van der Waals surface area contributed by atoms with Crippen molar-refractivity contribution in [2.24, 2.45) is 0 Å². The third kappa shape index (κ3) is 3.85. The SMILES string of the molecule is O=C(CSCc1ccc(Cl)cc1)c1sccc1Br. The van der Waals surface area contributed by atoms with Gasteiger partial charge in [0.25, 0.3) is 0 Å². The van der Waals surface area contributed by atoms with Gasteiger partial charge in [0, 0.05) is 15.2 Å². The van der Waals surface area contributed by atoms with Gasteiger partial charge in [0.05, 0.1) is 10.6 Å². The number of ketones is 1. The number of hydrogen-bond donors (Lipinski definition) is 0. The van der Waals surface area contributed by atoms with Crippen LogP contribution in [0.1, 0.15) is 15.2 Å². The van der Waals surface area contributed by atoms with E-state index in [1.807, 2.05) is 35.7 Å². The maximum absolute atomic E-state index is 11.9. The Kier molecular flexibility index (Phi) is 5.30. The van der Waals surface area contributed by atoms with Crippen LogP contribution in [-0.2, 0) is 5.75 Å². The van der Waals surface area contributed by atoms with Gasteiger partial charge in [0.1, 0.15) is 0 Å². The van der Waals surface area contributed by atoms with Gasteiger partial charge in [-0.1, -0.05) is 23.7 Å². The fourth-order valence-electron chi connectivity index (χ4n) is 1.40. The Hall–Kier alpha value is -0.290. The van der Waals surface area contributed by atoms with Crippen molar-refractivity contribution in [2.75, 3.05) is 5.75 Å². The molecule has 0 aliphatic carbocycles. The van der Waals surface area contributed by atoms with Crippen molar-refractivity contribution in [1.82, 2.24) is 0 Å². The lowest BCUT2D eigenvalue weighted by atomic mass is 10.2. The molecule has 0 aliphatic heterocycles. The van der Waals surface area contributed by atoms with Crippen molar-refractivity contribution in [1.29, 1.82) is 0 Å². The summed E-state index contributed by atoms with van der Waals surface area (Å²) in [6.45, 7) is 0. The van der Waals surface area contributed by atoms with E-state index in [0.29, 0.717) is 5.75 Å². The summed E-state index contributed by atoms with van der Waals surface area (Å²) in [6, 6.07) is 9.62. The maximum atomic E-state index is 11.9. The minimum atomic E-state index is 0.177. The van der Waals surface area contributed by atoms with E-state index in [-0.39, 0.29) is 5.78 Å². The number of halogens is 2. The number of thioether (sulfide) groups is 1. The second kappa shape index (κ2) is 6.75. The molecule has 1 aromatic carbocycles. The molecule has 5 heteroatoms. The van der Waals surface area contributed by atoms with Gasteiger partial charge in [0.15, 0.2) is 5.78 Å². The standard InChI is InChI=1S/C13H10BrClOS2/c14-11-5-6-18-13(11)12(16)8-17-7-9-1-3-10(15)4-2-9/h1-6H,7-8H2. The first kappa shape index (κ1) is 14.1. The monoisotopic (exact) mass is 360 g/mol. The zero-order chi connectivity index (χ0) is 13.0. The van der Waals surface area contributed by atoms with Gasteiger partial charge in [0.2, 0.25) is 0 Å². The highest BCUT2D eigenvalue weighted by molar-refractivity contribution is 9.10. The molecule has 1 heterocycles. The minimum absolute atomic E-state index is 0.177. The zero-order valence-electron chi connectivity index (χ0n) is 9.36. The van der Waals surface area contributed by atoms with Crippen LogP contribution in [0.2, 0.25) is 5.02 Å². The predicted octanol–water partition coefficient (Wildman–Crippen LogP) is 5.28. The molecule has 2 aromatic rings. The topological polar surface area (TPSA) is 17.1 Å².